The number of benzene rings is 2. The fraction of sp³-hybridized carbons (Fsp3) is 0.455. The van der Waals surface area contributed by atoms with Crippen LogP contribution in [0.5, 0.6) is 5.75 Å². The van der Waals surface area contributed by atoms with Gasteiger partial charge in [0.15, 0.2) is 0 Å². The van der Waals surface area contributed by atoms with Crippen molar-refractivity contribution in [1.29, 1.82) is 0 Å². The van der Waals surface area contributed by atoms with Crippen molar-refractivity contribution in [2.24, 2.45) is 11.8 Å². The number of rotatable bonds is 5. The molecule has 150 valence electrons. The Hall–Kier alpha value is -2.02. The Bertz CT molecular complexity index is 828. The van der Waals surface area contributed by atoms with Crippen molar-refractivity contribution < 1.29 is 24.1 Å². The van der Waals surface area contributed by atoms with E-state index in [9.17, 15) is 24.1 Å². The molecule has 4 rings (SSSR count). The Morgan fingerprint density at radius 3 is 2.29 bits per heavy atom. The van der Waals surface area contributed by atoms with Crippen LogP contribution in [0.25, 0.3) is 0 Å². The first-order chi connectivity index (χ1) is 13.3. The number of aliphatic hydroxyl groups excluding tert-OH is 1. The first-order valence-electron chi connectivity index (χ1n) is 9.67. The first-order valence-corrected chi connectivity index (χ1v) is 9.67. The van der Waals surface area contributed by atoms with Crippen molar-refractivity contribution >= 4 is 0 Å². The third-order valence-electron chi connectivity index (χ3n) is 6.18. The largest absolute Gasteiger partial charge is 0.508 e. The van der Waals surface area contributed by atoms with Gasteiger partial charge in [0.05, 0.1) is 11.7 Å². The van der Waals surface area contributed by atoms with Gasteiger partial charge in [-0.3, -0.25) is 4.90 Å². The van der Waals surface area contributed by atoms with Gasteiger partial charge in [0.25, 0.3) is 0 Å². The predicted octanol–water partition coefficient (Wildman–Crippen LogP) is 3.02. The van der Waals surface area contributed by atoms with E-state index in [2.05, 4.69) is 4.90 Å². The lowest BCUT2D eigenvalue weighted by molar-refractivity contribution is 0.0320. The number of likely N-dealkylation sites (tertiary alicyclic amines) is 1. The normalized spacial score (nSPS) is 28.4. The van der Waals surface area contributed by atoms with Crippen LogP contribution in [-0.4, -0.2) is 45.5 Å². The fourth-order valence-electron chi connectivity index (χ4n) is 4.92. The predicted molar refractivity (Wildman–Crippen MR) is 101 cm³/mol. The van der Waals surface area contributed by atoms with Crippen molar-refractivity contribution in [2.75, 3.05) is 19.6 Å². The number of hydrogen-bond acceptors (Lipinski definition) is 4. The van der Waals surface area contributed by atoms with Crippen LogP contribution in [0.15, 0.2) is 42.5 Å². The van der Waals surface area contributed by atoms with E-state index < -0.39 is 23.3 Å². The molecular formula is C22H25F2NO3. The average molecular weight is 389 g/mol. The minimum Gasteiger partial charge on any atom is -0.508 e. The van der Waals surface area contributed by atoms with Gasteiger partial charge in [-0.1, -0.05) is 18.2 Å². The number of halogens is 2. The third kappa shape index (κ3) is 4.04. The second-order valence-electron chi connectivity index (χ2n) is 8.39. The zero-order valence-corrected chi connectivity index (χ0v) is 15.6. The minimum absolute atomic E-state index is 0.170. The van der Waals surface area contributed by atoms with Crippen LogP contribution in [-0.2, 0) is 6.42 Å². The van der Waals surface area contributed by atoms with E-state index in [0.717, 1.165) is 24.7 Å². The topological polar surface area (TPSA) is 63.9 Å². The smallest absolute Gasteiger partial charge is 0.129 e. The summed E-state index contributed by atoms with van der Waals surface area (Å²) in [6, 6.07) is 10.1. The average Bonchev–Trinajstić information content (AvgIpc) is 3.12. The molecule has 2 aromatic carbocycles. The molecule has 2 unspecified atom stereocenters. The van der Waals surface area contributed by atoms with Crippen molar-refractivity contribution in [3.63, 3.8) is 0 Å². The second kappa shape index (κ2) is 7.43. The highest BCUT2D eigenvalue weighted by Crippen LogP contribution is 2.45. The van der Waals surface area contributed by atoms with Crippen LogP contribution >= 0.6 is 0 Å². The molecular weight excluding hydrogens is 364 g/mol. The number of aliphatic hydroxyl groups is 2. The lowest BCUT2D eigenvalue weighted by Crippen LogP contribution is -2.33. The zero-order valence-electron chi connectivity index (χ0n) is 15.6. The van der Waals surface area contributed by atoms with Gasteiger partial charge >= 0.3 is 0 Å². The number of hydrogen-bond donors (Lipinski definition) is 3. The highest BCUT2D eigenvalue weighted by Gasteiger charge is 2.48. The van der Waals surface area contributed by atoms with Gasteiger partial charge in [-0.15, -0.1) is 0 Å². The molecule has 0 bridgehead atoms. The van der Waals surface area contributed by atoms with Gasteiger partial charge < -0.3 is 15.3 Å². The van der Waals surface area contributed by atoms with Crippen LogP contribution in [0.3, 0.4) is 0 Å². The van der Waals surface area contributed by atoms with Crippen LogP contribution in [0.1, 0.15) is 30.1 Å². The number of nitrogens with zero attached hydrogens (tertiary/aromatic N) is 1. The number of phenols is 1. The Morgan fingerprint density at radius 1 is 1.04 bits per heavy atom. The molecule has 2 aliphatic rings. The molecule has 4 nitrogen and oxygen atoms in total. The van der Waals surface area contributed by atoms with Gasteiger partial charge in [-0.2, -0.15) is 0 Å². The number of phenolic OH excluding ortho intramolecular Hbond substituents is 1. The molecule has 1 saturated carbocycles. The molecule has 0 amide bonds. The number of aromatic hydroxyl groups is 1. The maximum atomic E-state index is 14.0. The van der Waals surface area contributed by atoms with Crippen molar-refractivity contribution in [3.05, 3.63) is 65.2 Å². The SMILES string of the molecule is Oc1ccc(C(O)CN2C[C@@H]3CC(O)(Cc4ccc(F)cc4F)C[C@@H]3C2)cc1. The van der Waals surface area contributed by atoms with Gasteiger partial charge in [0, 0.05) is 32.1 Å². The van der Waals surface area contributed by atoms with Gasteiger partial charge in [0.1, 0.15) is 17.4 Å². The summed E-state index contributed by atoms with van der Waals surface area (Å²) in [6.07, 6.45) is 0.731. The van der Waals surface area contributed by atoms with Crippen molar-refractivity contribution in [2.45, 2.75) is 31.0 Å². The van der Waals surface area contributed by atoms with E-state index in [1.807, 2.05) is 0 Å². The number of fused-ring (bicyclic) bond motifs is 1. The third-order valence-corrected chi connectivity index (χ3v) is 6.18. The maximum Gasteiger partial charge on any atom is 0.129 e. The molecule has 0 radical (unpaired) electrons. The van der Waals surface area contributed by atoms with E-state index in [4.69, 9.17) is 0 Å². The molecule has 28 heavy (non-hydrogen) atoms. The highest BCUT2D eigenvalue weighted by molar-refractivity contribution is 5.27. The monoisotopic (exact) mass is 389 g/mol. The Kier molecular flexibility index (Phi) is 5.12. The molecule has 0 spiro atoms. The molecule has 1 saturated heterocycles. The van der Waals surface area contributed by atoms with Crippen LogP contribution < -0.4 is 0 Å². The summed E-state index contributed by atoms with van der Waals surface area (Å²) in [5.41, 5.74) is 0.150. The Labute approximate surface area is 163 Å². The molecule has 6 heteroatoms. The van der Waals surface area contributed by atoms with Crippen LogP contribution in [0.4, 0.5) is 8.78 Å². The maximum absolute atomic E-state index is 14.0. The highest BCUT2D eigenvalue weighted by atomic mass is 19.1. The Balaban J connectivity index is 1.34. The molecule has 4 atom stereocenters. The molecule has 2 aromatic rings. The van der Waals surface area contributed by atoms with Crippen molar-refractivity contribution in [3.8, 4) is 5.75 Å². The quantitative estimate of drug-likeness (QED) is 0.736. The molecule has 1 aliphatic heterocycles. The second-order valence-corrected chi connectivity index (χ2v) is 8.39. The zero-order chi connectivity index (χ0) is 19.9. The summed E-state index contributed by atoms with van der Waals surface area (Å²) in [7, 11) is 0. The summed E-state index contributed by atoms with van der Waals surface area (Å²) < 4.78 is 27.0. The van der Waals surface area contributed by atoms with Crippen LogP contribution in [0.2, 0.25) is 0 Å². The number of β-amino-alcohol motifs (C(OH)–C–C–N with tert-alkyl or cyclic N) is 1. The van der Waals surface area contributed by atoms with Crippen molar-refractivity contribution in [1.82, 2.24) is 4.90 Å². The summed E-state index contributed by atoms with van der Waals surface area (Å²) in [6.45, 7) is 2.07. The van der Waals surface area contributed by atoms with Gasteiger partial charge in [-0.05, 0) is 54.0 Å². The van der Waals surface area contributed by atoms with Crippen LogP contribution in [0, 0.1) is 23.5 Å². The lowest BCUT2D eigenvalue weighted by Gasteiger charge is -2.27. The molecule has 1 aliphatic carbocycles. The summed E-state index contributed by atoms with van der Waals surface area (Å²) in [4.78, 5) is 2.20. The van der Waals surface area contributed by atoms with Gasteiger partial charge in [0.2, 0.25) is 0 Å². The van der Waals surface area contributed by atoms with E-state index in [-0.39, 0.29) is 12.2 Å². The summed E-state index contributed by atoms with van der Waals surface area (Å²) in [5.74, 6) is -0.437. The summed E-state index contributed by atoms with van der Waals surface area (Å²) in [5, 5.41) is 30.8. The van der Waals surface area contributed by atoms with E-state index >= 15 is 0 Å². The van der Waals surface area contributed by atoms with E-state index in [1.54, 1.807) is 24.3 Å². The van der Waals surface area contributed by atoms with Gasteiger partial charge in [-0.25, -0.2) is 8.78 Å². The lowest BCUT2D eigenvalue weighted by atomic mass is 9.91. The van der Waals surface area contributed by atoms with E-state index in [0.29, 0.717) is 36.8 Å². The molecule has 1 heterocycles. The Morgan fingerprint density at radius 2 is 1.68 bits per heavy atom. The molecule has 3 N–H and O–H groups in total. The first kappa shape index (κ1) is 19.3. The molecule has 2 fully saturated rings. The van der Waals surface area contributed by atoms with E-state index in [1.165, 1.54) is 12.1 Å². The summed E-state index contributed by atoms with van der Waals surface area (Å²) >= 11 is 0. The molecule has 0 aromatic heterocycles. The fourth-order valence-corrected chi connectivity index (χ4v) is 4.92. The minimum atomic E-state index is -0.963. The standard InChI is InChI=1S/C22H25F2NO3/c23-18-4-1-15(20(24)7-18)8-22(28)9-16-11-25(12-17(16)10-22)13-21(27)14-2-5-19(26)6-3-14/h1-7,16-17,21,26-28H,8-13H2/t16-,17+,21?,22?.